The molecule has 0 bridgehead atoms. The monoisotopic (exact) mass is 153 g/mol. The molecular formula is C10H19N. The van der Waals surface area contributed by atoms with Crippen molar-refractivity contribution in [2.45, 2.75) is 40.5 Å². The number of hydrogen-bond acceptors (Lipinski definition) is 1. The molecule has 0 heterocycles. The first-order valence-corrected chi connectivity index (χ1v) is 4.28. The molecule has 0 atom stereocenters. The van der Waals surface area contributed by atoms with Crippen LogP contribution in [0, 0.1) is 10.8 Å². The molecule has 0 saturated carbocycles. The maximum atomic E-state index is 5.85. The number of nitrogens with two attached hydrogens (primary N) is 1. The quantitative estimate of drug-likeness (QED) is 0.569. The van der Waals surface area contributed by atoms with E-state index in [0.29, 0.717) is 10.8 Å². The smallest absolute Gasteiger partial charge is 0.00507 e. The maximum absolute atomic E-state index is 5.85. The Morgan fingerprint density at radius 2 is 1.82 bits per heavy atom. The zero-order valence-electron chi connectivity index (χ0n) is 8.07. The fourth-order valence-corrected chi connectivity index (χ4v) is 2.45. The molecule has 0 aromatic heterocycles. The minimum absolute atomic E-state index is 0.297. The molecular weight excluding hydrogens is 134 g/mol. The SMILES string of the molecule is CC1(C)C=C(N)CC(C)(C)C1. The lowest BCUT2D eigenvalue weighted by Crippen LogP contribution is -2.29. The van der Waals surface area contributed by atoms with E-state index in [2.05, 4.69) is 33.8 Å². The summed E-state index contributed by atoms with van der Waals surface area (Å²) in [4.78, 5) is 0. The Hall–Kier alpha value is -0.460. The Kier molecular flexibility index (Phi) is 1.78. The maximum Gasteiger partial charge on any atom is 0.00507 e. The Morgan fingerprint density at radius 3 is 2.18 bits per heavy atom. The Morgan fingerprint density at radius 1 is 1.27 bits per heavy atom. The minimum atomic E-state index is 0.297. The van der Waals surface area contributed by atoms with Gasteiger partial charge in [-0.15, -0.1) is 0 Å². The van der Waals surface area contributed by atoms with Crippen molar-refractivity contribution in [2.24, 2.45) is 16.6 Å². The average molecular weight is 153 g/mol. The molecule has 64 valence electrons. The fraction of sp³-hybridized carbons (Fsp3) is 0.800. The lowest BCUT2D eigenvalue weighted by atomic mass is 9.68. The largest absolute Gasteiger partial charge is 0.402 e. The Labute approximate surface area is 69.7 Å². The highest BCUT2D eigenvalue weighted by Gasteiger charge is 2.31. The van der Waals surface area contributed by atoms with Crippen LogP contribution in [0.25, 0.3) is 0 Å². The van der Waals surface area contributed by atoms with Gasteiger partial charge in [0.05, 0.1) is 0 Å². The van der Waals surface area contributed by atoms with Crippen LogP contribution in [0.1, 0.15) is 40.5 Å². The predicted octanol–water partition coefficient (Wildman–Crippen LogP) is 2.68. The van der Waals surface area contributed by atoms with Crippen molar-refractivity contribution in [2.75, 3.05) is 0 Å². The first kappa shape index (κ1) is 8.63. The van der Waals surface area contributed by atoms with Crippen molar-refractivity contribution >= 4 is 0 Å². The van der Waals surface area contributed by atoms with Gasteiger partial charge >= 0.3 is 0 Å². The zero-order chi connectivity index (χ0) is 8.70. The van der Waals surface area contributed by atoms with Crippen molar-refractivity contribution in [1.29, 1.82) is 0 Å². The van der Waals surface area contributed by atoms with Gasteiger partial charge in [0.2, 0.25) is 0 Å². The molecule has 1 nitrogen and oxygen atoms in total. The topological polar surface area (TPSA) is 26.0 Å². The highest BCUT2D eigenvalue weighted by atomic mass is 14.6. The van der Waals surface area contributed by atoms with E-state index < -0.39 is 0 Å². The Bertz CT molecular complexity index is 187. The lowest BCUT2D eigenvalue weighted by Gasteiger charge is -2.38. The van der Waals surface area contributed by atoms with Gasteiger partial charge in [-0.2, -0.15) is 0 Å². The second kappa shape index (κ2) is 2.26. The standard InChI is InChI=1S/C10H19N/c1-9(2)5-8(11)6-10(3,4)7-9/h5H,6-7,11H2,1-4H3. The molecule has 0 saturated heterocycles. The van der Waals surface area contributed by atoms with Crippen LogP contribution in [0.4, 0.5) is 0 Å². The molecule has 0 aromatic rings. The normalized spacial score (nSPS) is 27.8. The van der Waals surface area contributed by atoms with E-state index >= 15 is 0 Å². The first-order chi connectivity index (χ1) is 4.81. The van der Waals surface area contributed by atoms with Gasteiger partial charge in [-0.1, -0.05) is 33.8 Å². The molecule has 0 spiro atoms. The summed E-state index contributed by atoms with van der Waals surface area (Å²) in [5.41, 5.74) is 7.60. The molecule has 0 aliphatic heterocycles. The van der Waals surface area contributed by atoms with Crippen molar-refractivity contribution in [1.82, 2.24) is 0 Å². The molecule has 0 fully saturated rings. The highest BCUT2D eigenvalue weighted by molar-refractivity contribution is 5.12. The third kappa shape index (κ3) is 2.25. The molecule has 2 N–H and O–H groups in total. The molecule has 1 aliphatic carbocycles. The van der Waals surface area contributed by atoms with Gasteiger partial charge in [0, 0.05) is 5.70 Å². The van der Waals surface area contributed by atoms with Gasteiger partial charge in [-0.25, -0.2) is 0 Å². The predicted molar refractivity (Wildman–Crippen MR) is 49.1 cm³/mol. The summed E-state index contributed by atoms with van der Waals surface area (Å²) < 4.78 is 0. The summed E-state index contributed by atoms with van der Waals surface area (Å²) in [7, 11) is 0. The molecule has 0 amide bonds. The van der Waals surface area contributed by atoms with E-state index in [1.54, 1.807) is 0 Å². The van der Waals surface area contributed by atoms with Gasteiger partial charge in [-0.05, 0) is 23.7 Å². The summed E-state index contributed by atoms with van der Waals surface area (Å²) in [6.07, 6.45) is 4.50. The van der Waals surface area contributed by atoms with Crippen LogP contribution >= 0.6 is 0 Å². The van der Waals surface area contributed by atoms with E-state index in [-0.39, 0.29) is 0 Å². The number of hydrogen-bond donors (Lipinski definition) is 1. The average Bonchev–Trinajstić information content (AvgIpc) is 1.49. The summed E-state index contributed by atoms with van der Waals surface area (Å²) in [6, 6.07) is 0. The second-order valence-corrected chi connectivity index (χ2v) is 5.23. The van der Waals surface area contributed by atoms with E-state index in [1.165, 1.54) is 6.42 Å². The lowest BCUT2D eigenvalue weighted by molar-refractivity contribution is 0.214. The Balaban J connectivity index is 2.86. The molecule has 0 aromatic carbocycles. The van der Waals surface area contributed by atoms with Crippen LogP contribution in [-0.4, -0.2) is 0 Å². The van der Waals surface area contributed by atoms with Gasteiger partial charge in [-0.3, -0.25) is 0 Å². The highest BCUT2D eigenvalue weighted by Crippen LogP contribution is 2.42. The second-order valence-electron chi connectivity index (χ2n) is 5.23. The minimum Gasteiger partial charge on any atom is -0.402 e. The van der Waals surface area contributed by atoms with Crippen molar-refractivity contribution in [3.05, 3.63) is 11.8 Å². The van der Waals surface area contributed by atoms with Crippen molar-refractivity contribution in [3.8, 4) is 0 Å². The van der Waals surface area contributed by atoms with Gasteiger partial charge in [0.15, 0.2) is 0 Å². The van der Waals surface area contributed by atoms with Crippen LogP contribution in [0.15, 0.2) is 11.8 Å². The van der Waals surface area contributed by atoms with Gasteiger partial charge in [0.25, 0.3) is 0 Å². The summed E-state index contributed by atoms with van der Waals surface area (Å²) >= 11 is 0. The van der Waals surface area contributed by atoms with Gasteiger partial charge in [0.1, 0.15) is 0 Å². The van der Waals surface area contributed by atoms with Crippen LogP contribution < -0.4 is 5.73 Å². The number of allylic oxidation sites excluding steroid dienone is 2. The van der Waals surface area contributed by atoms with Crippen LogP contribution in [-0.2, 0) is 0 Å². The summed E-state index contributed by atoms with van der Waals surface area (Å²) in [5.74, 6) is 0. The third-order valence-corrected chi connectivity index (χ3v) is 2.19. The molecule has 0 unspecified atom stereocenters. The fourth-order valence-electron chi connectivity index (χ4n) is 2.45. The van der Waals surface area contributed by atoms with Crippen LogP contribution in [0.2, 0.25) is 0 Å². The zero-order valence-corrected chi connectivity index (χ0v) is 8.07. The van der Waals surface area contributed by atoms with E-state index in [1.807, 2.05) is 0 Å². The molecule has 1 heteroatoms. The van der Waals surface area contributed by atoms with E-state index in [9.17, 15) is 0 Å². The van der Waals surface area contributed by atoms with Crippen LogP contribution in [0.5, 0.6) is 0 Å². The van der Waals surface area contributed by atoms with Crippen molar-refractivity contribution in [3.63, 3.8) is 0 Å². The summed E-state index contributed by atoms with van der Waals surface area (Å²) in [5, 5.41) is 0. The molecule has 1 aliphatic rings. The van der Waals surface area contributed by atoms with Crippen molar-refractivity contribution < 1.29 is 0 Å². The molecule has 11 heavy (non-hydrogen) atoms. The summed E-state index contributed by atoms with van der Waals surface area (Å²) in [6.45, 7) is 9.07. The molecule has 0 radical (unpaired) electrons. The number of rotatable bonds is 0. The molecule has 1 rings (SSSR count). The van der Waals surface area contributed by atoms with Gasteiger partial charge < -0.3 is 5.73 Å². The van der Waals surface area contributed by atoms with E-state index in [0.717, 1.165) is 12.1 Å². The van der Waals surface area contributed by atoms with E-state index in [4.69, 9.17) is 5.73 Å². The third-order valence-electron chi connectivity index (χ3n) is 2.19. The van der Waals surface area contributed by atoms with Crippen LogP contribution in [0.3, 0.4) is 0 Å². The first-order valence-electron chi connectivity index (χ1n) is 4.28.